The second-order valence-corrected chi connectivity index (χ2v) is 8.39. The van der Waals surface area contributed by atoms with Crippen molar-refractivity contribution in [1.82, 2.24) is 5.01 Å². The molecule has 0 heterocycles. The van der Waals surface area contributed by atoms with Crippen LogP contribution in [-0.4, -0.2) is 27.7 Å². The minimum absolute atomic E-state index is 0.109. The van der Waals surface area contributed by atoms with Gasteiger partial charge >= 0.3 is 12.1 Å². The zero-order valence-electron chi connectivity index (χ0n) is 20.1. The highest BCUT2D eigenvalue weighted by Gasteiger charge is 2.30. The molecule has 0 saturated heterocycles. The number of carbonyl (C=O) groups is 2. The predicted molar refractivity (Wildman–Crippen MR) is 136 cm³/mol. The normalized spacial score (nSPS) is 11.6. The molecule has 192 valence electrons. The van der Waals surface area contributed by atoms with E-state index < -0.39 is 23.6 Å². The monoisotopic (exact) mass is 509 g/mol. The van der Waals surface area contributed by atoms with Crippen LogP contribution in [0.3, 0.4) is 0 Å². The molecule has 0 atom stereocenters. The maximum absolute atomic E-state index is 12.7. The number of hydrogen-bond donors (Lipinski definition) is 2. The zero-order chi connectivity index (χ0) is 27.0. The lowest BCUT2D eigenvalue weighted by atomic mass is 10.1. The molecule has 37 heavy (non-hydrogen) atoms. The Hall–Kier alpha value is -4.40. The molecule has 3 rings (SSSR count). The highest BCUT2D eigenvalue weighted by molar-refractivity contribution is 6.04. The number of carboxylic acids is 1. The standard InChI is InChI=1S/C28H26F3N3O3/c1-19(16-26(35)36)20(2)33-34(17-21-6-4-3-5-7-21)18-22-8-14-25(15-9-22)32-27(37)23-10-12-24(13-11-23)28(29,30)31/h3-15H,1,16-18H2,2H3,(H,32,37)(H,35,36). The number of nitrogens with zero attached hydrogens (tertiary/aromatic N) is 2. The number of anilines is 1. The molecule has 0 unspecified atom stereocenters. The van der Waals surface area contributed by atoms with Crippen molar-refractivity contribution in [1.29, 1.82) is 0 Å². The fourth-order valence-electron chi connectivity index (χ4n) is 3.43. The molecule has 0 spiro atoms. The summed E-state index contributed by atoms with van der Waals surface area (Å²) in [4.78, 5) is 23.5. The van der Waals surface area contributed by atoms with E-state index in [1.54, 1.807) is 36.2 Å². The lowest BCUT2D eigenvalue weighted by molar-refractivity contribution is -0.138. The van der Waals surface area contributed by atoms with Crippen LogP contribution in [0.4, 0.5) is 18.9 Å². The van der Waals surface area contributed by atoms with Crippen LogP contribution in [0, 0.1) is 0 Å². The molecule has 1 amide bonds. The van der Waals surface area contributed by atoms with Crippen molar-refractivity contribution >= 4 is 23.3 Å². The first kappa shape index (κ1) is 27.2. The topological polar surface area (TPSA) is 82.0 Å². The van der Waals surface area contributed by atoms with E-state index in [1.165, 1.54) is 0 Å². The highest BCUT2D eigenvalue weighted by atomic mass is 19.4. The molecule has 9 heteroatoms. The Labute approximate surface area is 212 Å². The maximum atomic E-state index is 12.7. The number of nitrogens with one attached hydrogen (secondary N) is 1. The number of benzene rings is 3. The van der Waals surface area contributed by atoms with Crippen molar-refractivity contribution in [2.24, 2.45) is 5.10 Å². The summed E-state index contributed by atoms with van der Waals surface area (Å²) < 4.78 is 38.2. The van der Waals surface area contributed by atoms with Crippen molar-refractivity contribution in [3.63, 3.8) is 0 Å². The largest absolute Gasteiger partial charge is 0.481 e. The van der Waals surface area contributed by atoms with Crippen LogP contribution in [-0.2, 0) is 24.1 Å². The number of carbonyl (C=O) groups excluding carboxylic acids is 1. The van der Waals surface area contributed by atoms with E-state index in [0.29, 0.717) is 30.1 Å². The molecular formula is C28H26F3N3O3. The van der Waals surface area contributed by atoms with E-state index in [1.807, 2.05) is 30.3 Å². The highest BCUT2D eigenvalue weighted by Crippen LogP contribution is 2.29. The van der Waals surface area contributed by atoms with Gasteiger partial charge in [0.05, 0.1) is 30.8 Å². The van der Waals surface area contributed by atoms with Gasteiger partial charge in [-0.2, -0.15) is 18.3 Å². The van der Waals surface area contributed by atoms with E-state index in [2.05, 4.69) is 17.0 Å². The third kappa shape index (κ3) is 8.34. The number of hydrogen-bond acceptors (Lipinski definition) is 4. The van der Waals surface area contributed by atoms with Crippen LogP contribution >= 0.6 is 0 Å². The van der Waals surface area contributed by atoms with Crippen LogP contribution in [0.2, 0.25) is 0 Å². The fraction of sp³-hybridized carbons (Fsp3) is 0.179. The summed E-state index contributed by atoms with van der Waals surface area (Å²) in [5.74, 6) is -1.51. The van der Waals surface area contributed by atoms with Gasteiger partial charge in [-0.05, 0) is 60.0 Å². The van der Waals surface area contributed by atoms with Gasteiger partial charge in [-0.25, -0.2) is 0 Å². The van der Waals surface area contributed by atoms with Gasteiger partial charge in [0.1, 0.15) is 0 Å². The summed E-state index contributed by atoms with van der Waals surface area (Å²) in [6.07, 6.45) is -4.67. The van der Waals surface area contributed by atoms with E-state index in [-0.39, 0.29) is 12.0 Å². The summed E-state index contributed by atoms with van der Waals surface area (Å²) in [5.41, 5.74) is 2.59. The Morgan fingerprint density at radius 1 is 0.919 bits per heavy atom. The van der Waals surface area contributed by atoms with E-state index in [4.69, 9.17) is 5.11 Å². The van der Waals surface area contributed by atoms with Crippen molar-refractivity contribution in [2.75, 3.05) is 5.32 Å². The van der Waals surface area contributed by atoms with Crippen LogP contribution < -0.4 is 5.32 Å². The Morgan fingerprint density at radius 3 is 2.03 bits per heavy atom. The fourth-order valence-corrected chi connectivity index (χ4v) is 3.43. The molecule has 0 radical (unpaired) electrons. The molecule has 0 aromatic heterocycles. The molecular weight excluding hydrogens is 483 g/mol. The molecule has 0 aliphatic rings. The number of halogens is 3. The summed E-state index contributed by atoms with van der Waals surface area (Å²) in [5, 5.41) is 18.1. The van der Waals surface area contributed by atoms with Crippen LogP contribution in [0.25, 0.3) is 0 Å². The van der Waals surface area contributed by atoms with Crippen molar-refractivity contribution in [3.8, 4) is 0 Å². The van der Waals surface area contributed by atoms with Crippen molar-refractivity contribution in [2.45, 2.75) is 32.6 Å². The number of carboxylic acid groups (broad SMARTS) is 1. The molecule has 0 aliphatic carbocycles. The van der Waals surface area contributed by atoms with Gasteiger partial charge in [0.15, 0.2) is 0 Å². The quantitative estimate of drug-likeness (QED) is 0.246. The summed E-state index contributed by atoms with van der Waals surface area (Å²) >= 11 is 0. The lowest BCUT2D eigenvalue weighted by Gasteiger charge is -2.21. The summed E-state index contributed by atoms with van der Waals surface area (Å²) in [6, 6.07) is 20.7. The molecule has 0 fully saturated rings. The third-order valence-corrected chi connectivity index (χ3v) is 5.43. The average molecular weight is 510 g/mol. The van der Waals surface area contributed by atoms with Gasteiger partial charge in [-0.3, -0.25) is 14.6 Å². The van der Waals surface area contributed by atoms with Crippen LogP contribution in [0.15, 0.2) is 96.1 Å². The predicted octanol–water partition coefficient (Wildman–Crippen LogP) is 6.37. The summed E-state index contributed by atoms with van der Waals surface area (Å²) in [7, 11) is 0. The minimum atomic E-state index is -4.47. The van der Waals surface area contributed by atoms with Gasteiger partial charge in [-0.15, -0.1) is 0 Å². The van der Waals surface area contributed by atoms with Crippen molar-refractivity contribution < 1.29 is 27.9 Å². The number of hydrazone groups is 1. The second kappa shape index (κ2) is 12.0. The number of aliphatic carboxylic acids is 1. The van der Waals surface area contributed by atoms with Gasteiger partial charge in [0, 0.05) is 11.3 Å². The van der Waals surface area contributed by atoms with Gasteiger partial charge in [-0.1, -0.05) is 49.0 Å². The Bertz CT molecular complexity index is 1270. The maximum Gasteiger partial charge on any atom is 0.416 e. The lowest BCUT2D eigenvalue weighted by Crippen LogP contribution is -2.19. The SMILES string of the molecule is C=C(CC(=O)O)C(C)=NN(Cc1ccccc1)Cc1ccc(NC(=O)c2ccc(C(F)(F)F)cc2)cc1. The first-order valence-electron chi connectivity index (χ1n) is 11.3. The first-order chi connectivity index (χ1) is 17.5. The van der Waals surface area contributed by atoms with Crippen LogP contribution in [0.1, 0.15) is 40.4 Å². The number of amides is 1. The molecule has 0 bridgehead atoms. The van der Waals surface area contributed by atoms with Gasteiger partial charge in [0.25, 0.3) is 5.91 Å². The first-order valence-corrected chi connectivity index (χ1v) is 11.3. The van der Waals surface area contributed by atoms with E-state index in [9.17, 15) is 22.8 Å². The average Bonchev–Trinajstić information content (AvgIpc) is 2.85. The number of alkyl halides is 3. The molecule has 0 saturated carbocycles. The van der Waals surface area contributed by atoms with Gasteiger partial charge in [0.2, 0.25) is 0 Å². The Balaban J connectivity index is 1.70. The minimum Gasteiger partial charge on any atom is -0.481 e. The zero-order valence-corrected chi connectivity index (χ0v) is 20.1. The van der Waals surface area contributed by atoms with E-state index >= 15 is 0 Å². The summed E-state index contributed by atoms with van der Waals surface area (Å²) in [6.45, 7) is 6.40. The second-order valence-electron chi connectivity index (χ2n) is 8.39. The smallest absolute Gasteiger partial charge is 0.416 e. The van der Waals surface area contributed by atoms with Crippen LogP contribution in [0.5, 0.6) is 0 Å². The third-order valence-electron chi connectivity index (χ3n) is 5.43. The Morgan fingerprint density at radius 2 is 1.49 bits per heavy atom. The molecule has 6 nitrogen and oxygen atoms in total. The van der Waals surface area contributed by atoms with Crippen molar-refractivity contribution in [3.05, 3.63) is 113 Å². The Kier molecular flexibility index (Phi) is 8.84. The molecule has 2 N–H and O–H groups in total. The molecule has 3 aromatic carbocycles. The van der Waals surface area contributed by atoms with Gasteiger partial charge < -0.3 is 10.4 Å². The van der Waals surface area contributed by atoms with E-state index in [0.717, 1.165) is 35.4 Å². The number of rotatable bonds is 10. The molecule has 0 aliphatic heterocycles. The molecule has 3 aromatic rings.